The molecule has 0 amide bonds. The van der Waals surface area contributed by atoms with E-state index in [-0.39, 0.29) is 17.8 Å². The molecule has 1 unspecified atom stereocenters. The second-order valence-electron chi connectivity index (χ2n) is 7.28. The van der Waals surface area contributed by atoms with Crippen molar-refractivity contribution in [2.24, 2.45) is 0 Å². The van der Waals surface area contributed by atoms with E-state index >= 15 is 0 Å². The van der Waals surface area contributed by atoms with Crippen LogP contribution in [0.5, 0.6) is 0 Å². The number of fused-ring (bicyclic) bond motifs is 2. The van der Waals surface area contributed by atoms with Gasteiger partial charge in [-0.05, 0) is 44.0 Å². The topological polar surface area (TPSA) is 67.1 Å². The molecule has 1 aliphatic heterocycles. The minimum atomic E-state index is -0.0124. The molecule has 1 saturated heterocycles. The average Bonchev–Trinajstić information content (AvgIpc) is 3.27. The van der Waals surface area contributed by atoms with Gasteiger partial charge in [-0.15, -0.1) is 0 Å². The second-order valence-corrected chi connectivity index (χ2v) is 7.28. The van der Waals surface area contributed by atoms with Gasteiger partial charge in [0.1, 0.15) is 5.52 Å². The minimum absolute atomic E-state index is 0.0124. The molecule has 0 aliphatic carbocycles. The maximum Gasteiger partial charge on any atom is 0.326 e. The summed E-state index contributed by atoms with van der Waals surface area (Å²) < 4.78 is 7.87. The summed E-state index contributed by atoms with van der Waals surface area (Å²) in [5.41, 5.74) is 3.62. The fourth-order valence-corrected chi connectivity index (χ4v) is 4.19. The first-order chi connectivity index (χ1) is 13.2. The highest BCUT2D eigenvalue weighted by Crippen LogP contribution is 2.30. The van der Waals surface area contributed by atoms with Gasteiger partial charge in [-0.2, -0.15) is 0 Å². The van der Waals surface area contributed by atoms with Crippen LogP contribution in [0.15, 0.2) is 57.7 Å². The van der Waals surface area contributed by atoms with Gasteiger partial charge in [-0.25, -0.2) is 9.78 Å². The van der Waals surface area contributed by atoms with Crippen LogP contribution in [0.4, 0.5) is 0 Å². The monoisotopic (exact) mass is 362 g/mol. The molecule has 0 bridgehead atoms. The molecule has 1 N–H and O–H groups in total. The number of para-hydroxylation sites is 4. The second kappa shape index (κ2) is 6.39. The summed E-state index contributed by atoms with van der Waals surface area (Å²) in [7, 11) is 0. The van der Waals surface area contributed by atoms with Crippen molar-refractivity contribution in [3.8, 4) is 0 Å². The van der Waals surface area contributed by atoms with Crippen molar-refractivity contribution in [2.75, 3.05) is 13.1 Å². The predicted molar refractivity (Wildman–Crippen MR) is 105 cm³/mol. The molecular weight excluding hydrogens is 340 g/mol. The molecule has 0 radical (unpaired) electrons. The maximum absolute atomic E-state index is 12.4. The molecule has 138 valence electrons. The normalized spacial score (nSPS) is 17.7. The number of H-pyrrole nitrogens is 1. The highest BCUT2D eigenvalue weighted by Gasteiger charge is 2.28. The van der Waals surface area contributed by atoms with Crippen molar-refractivity contribution in [3.63, 3.8) is 0 Å². The highest BCUT2D eigenvalue weighted by molar-refractivity contribution is 5.75. The number of rotatable bonds is 3. The minimum Gasteiger partial charge on any atom is -0.439 e. The van der Waals surface area contributed by atoms with Gasteiger partial charge in [-0.1, -0.05) is 24.3 Å². The van der Waals surface area contributed by atoms with E-state index in [0.29, 0.717) is 0 Å². The third-order valence-corrected chi connectivity index (χ3v) is 5.70. The molecule has 1 atom stereocenters. The van der Waals surface area contributed by atoms with E-state index in [2.05, 4.69) is 21.8 Å². The number of aromatic nitrogens is 3. The van der Waals surface area contributed by atoms with Crippen molar-refractivity contribution in [1.29, 1.82) is 0 Å². The van der Waals surface area contributed by atoms with E-state index < -0.39 is 0 Å². The van der Waals surface area contributed by atoms with Crippen LogP contribution in [0.2, 0.25) is 0 Å². The number of benzene rings is 2. The van der Waals surface area contributed by atoms with E-state index in [0.717, 1.165) is 54.0 Å². The third kappa shape index (κ3) is 2.77. The third-order valence-electron chi connectivity index (χ3n) is 5.70. The summed E-state index contributed by atoms with van der Waals surface area (Å²) in [6.07, 6.45) is 1.87. The Morgan fingerprint density at radius 1 is 1.11 bits per heavy atom. The summed E-state index contributed by atoms with van der Waals surface area (Å²) in [4.78, 5) is 22.4. The van der Waals surface area contributed by atoms with Crippen LogP contribution in [-0.4, -0.2) is 32.5 Å². The number of nitrogens with one attached hydrogen (secondary N) is 1. The van der Waals surface area contributed by atoms with E-state index in [9.17, 15) is 4.79 Å². The lowest BCUT2D eigenvalue weighted by atomic mass is 10.0. The van der Waals surface area contributed by atoms with E-state index in [1.165, 1.54) is 0 Å². The van der Waals surface area contributed by atoms with Crippen LogP contribution < -0.4 is 5.69 Å². The predicted octanol–water partition coefficient (Wildman–Crippen LogP) is 3.87. The van der Waals surface area contributed by atoms with Gasteiger partial charge in [0.05, 0.1) is 17.1 Å². The van der Waals surface area contributed by atoms with Gasteiger partial charge >= 0.3 is 5.69 Å². The molecule has 27 heavy (non-hydrogen) atoms. The fraction of sp³-hybridized carbons (Fsp3) is 0.333. The van der Waals surface area contributed by atoms with Crippen LogP contribution in [0.3, 0.4) is 0 Å². The number of imidazole rings is 1. The lowest BCUT2D eigenvalue weighted by molar-refractivity contribution is 0.128. The smallest absolute Gasteiger partial charge is 0.326 e. The zero-order valence-corrected chi connectivity index (χ0v) is 15.3. The average molecular weight is 362 g/mol. The van der Waals surface area contributed by atoms with Crippen LogP contribution in [0, 0.1) is 0 Å². The van der Waals surface area contributed by atoms with Crippen LogP contribution in [-0.2, 0) is 0 Å². The Hall–Kier alpha value is -2.86. The fourth-order valence-electron chi connectivity index (χ4n) is 4.19. The Balaban J connectivity index is 1.35. The number of hydrogen-bond donors (Lipinski definition) is 1. The van der Waals surface area contributed by atoms with E-state index in [4.69, 9.17) is 4.42 Å². The van der Waals surface area contributed by atoms with Gasteiger partial charge in [0, 0.05) is 19.1 Å². The Bertz CT molecular complexity index is 1110. The molecule has 1 fully saturated rings. The number of piperidine rings is 1. The number of nitrogens with zero attached hydrogens (tertiary/aromatic N) is 3. The van der Waals surface area contributed by atoms with Crippen molar-refractivity contribution < 1.29 is 4.42 Å². The van der Waals surface area contributed by atoms with Crippen molar-refractivity contribution in [1.82, 2.24) is 19.4 Å². The molecule has 6 heteroatoms. The standard InChI is InChI=1S/C21H22N4O2/c1-14(20-22-17-7-3-5-9-19(17)27-20)24-12-10-15(11-13-24)25-18-8-4-2-6-16(18)23-21(25)26/h2-9,14-15H,10-13H2,1H3,(H,23,26). The molecule has 3 heterocycles. The Kier molecular flexibility index (Phi) is 3.86. The first kappa shape index (κ1) is 16.3. The molecule has 1 aliphatic rings. The van der Waals surface area contributed by atoms with Crippen LogP contribution in [0.25, 0.3) is 22.1 Å². The molecule has 0 spiro atoms. The zero-order valence-electron chi connectivity index (χ0n) is 15.3. The first-order valence-corrected chi connectivity index (χ1v) is 9.49. The summed E-state index contributed by atoms with van der Waals surface area (Å²) in [6, 6.07) is 16.1. The SMILES string of the molecule is CC(c1nc2ccccc2o1)N1CCC(n2c(=O)[nH]c3ccccc32)CC1. The molecule has 5 rings (SSSR count). The highest BCUT2D eigenvalue weighted by atomic mass is 16.3. The van der Waals surface area contributed by atoms with Crippen molar-refractivity contribution in [2.45, 2.75) is 31.8 Å². The van der Waals surface area contributed by atoms with Crippen molar-refractivity contribution in [3.05, 3.63) is 64.9 Å². The largest absolute Gasteiger partial charge is 0.439 e. The molecule has 2 aromatic heterocycles. The number of likely N-dealkylation sites (tertiary alicyclic amines) is 1. The van der Waals surface area contributed by atoms with Gasteiger partial charge in [0.2, 0.25) is 5.89 Å². The van der Waals surface area contributed by atoms with Gasteiger partial charge in [0.15, 0.2) is 5.58 Å². The lowest BCUT2D eigenvalue weighted by Crippen LogP contribution is -2.38. The van der Waals surface area contributed by atoms with Gasteiger partial charge in [0.25, 0.3) is 0 Å². The Morgan fingerprint density at radius 2 is 1.85 bits per heavy atom. The van der Waals surface area contributed by atoms with Gasteiger partial charge < -0.3 is 9.40 Å². The molecule has 0 saturated carbocycles. The Labute approximate surface area is 156 Å². The lowest BCUT2D eigenvalue weighted by Gasteiger charge is -2.35. The van der Waals surface area contributed by atoms with Gasteiger partial charge in [-0.3, -0.25) is 9.47 Å². The molecule has 6 nitrogen and oxygen atoms in total. The summed E-state index contributed by atoms with van der Waals surface area (Å²) in [6.45, 7) is 3.97. The number of hydrogen-bond acceptors (Lipinski definition) is 4. The summed E-state index contributed by atoms with van der Waals surface area (Å²) in [5.74, 6) is 0.763. The van der Waals surface area contributed by atoms with E-state index in [1.54, 1.807) is 0 Å². The number of oxazole rings is 1. The first-order valence-electron chi connectivity index (χ1n) is 9.49. The molecule has 4 aromatic rings. The van der Waals surface area contributed by atoms with Crippen molar-refractivity contribution >= 4 is 22.1 Å². The number of aromatic amines is 1. The molecule has 2 aromatic carbocycles. The summed E-state index contributed by atoms with van der Waals surface area (Å²) >= 11 is 0. The molecular formula is C21H22N4O2. The Morgan fingerprint density at radius 3 is 2.67 bits per heavy atom. The van der Waals surface area contributed by atoms with E-state index in [1.807, 2.05) is 53.1 Å². The summed E-state index contributed by atoms with van der Waals surface area (Å²) in [5, 5.41) is 0. The zero-order chi connectivity index (χ0) is 18.4. The van der Waals surface area contributed by atoms with Crippen LogP contribution >= 0.6 is 0 Å². The van der Waals surface area contributed by atoms with Crippen LogP contribution in [0.1, 0.15) is 37.7 Å². The maximum atomic E-state index is 12.4. The quantitative estimate of drug-likeness (QED) is 0.601.